The van der Waals surface area contributed by atoms with Crippen LogP contribution in [-0.4, -0.2) is 37.2 Å². The number of carbonyl (C=O) groups excluding carboxylic acids is 3. The second-order valence-corrected chi connectivity index (χ2v) is 18.5. The Morgan fingerprint density at radius 1 is 0.267 bits per heavy atom. The summed E-state index contributed by atoms with van der Waals surface area (Å²) < 4.78 is 16.8. The van der Waals surface area contributed by atoms with Crippen molar-refractivity contribution in [2.24, 2.45) is 0 Å². The number of unbranched alkanes of at least 4 members (excludes halogenated alkanes) is 39. The second-order valence-electron chi connectivity index (χ2n) is 18.5. The molecule has 0 aliphatic rings. The molecule has 0 N–H and O–H groups in total. The molecule has 0 aromatic rings. The molecular weight excluding hydrogens is 745 g/mol. The zero-order chi connectivity index (χ0) is 43.7. The topological polar surface area (TPSA) is 78.9 Å². The summed E-state index contributed by atoms with van der Waals surface area (Å²) in [4.78, 5) is 37.9. The summed E-state index contributed by atoms with van der Waals surface area (Å²) in [6, 6.07) is 0. The number of esters is 3. The molecule has 1 unspecified atom stereocenters. The van der Waals surface area contributed by atoms with Crippen LogP contribution in [0.3, 0.4) is 0 Å². The van der Waals surface area contributed by atoms with Gasteiger partial charge in [-0.1, -0.05) is 271 Å². The minimum atomic E-state index is -0.759. The Hall–Kier alpha value is -1.59. The van der Waals surface area contributed by atoms with Gasteiger partial charge >= 0.3 is 17.9 Å². The van der Waals surface area contributed by atoms with Gasteiger partial charge in [-0.25, -0.2) is 0 Å². The predicted octanol–water partition coefficient (Wildman–Crippen LogP) is 17.6. The molecule has 6 heteroatoms. The Balaban J connectivity index is 4.17. The normalized spacial score (nSPS) is 11.8. The highest BCUT2D eigenvalue weighted by molar-refractivity contribution is 5.71. The molecule has 356 valence electrons. The predicted molar refractivity (Wildman–Crippen MR) is 257 cm³/mol. The lowest BCUT2D eigenvalue weighted by molar-refractivity contribution is -0.167. The van der Waals surface area contributed by atoms with E-state index in [1.165, 1.54) is 212 Å². The molecule has 0 aromatic carbocycles. The van der Waals surface area contributed by atoms with Crippen molar-refractivity contribution in [2.45, 2.75) is 316 Å². The van der Waals surface area contributed by atoms with Crippen LogP contribution in [0.15, 0.2) is 0 Å². The van der Waals surface area contributed by atoms with Gasteiger partial charge in [0, 0.05) is 19.3 Å². The maximum absolute atomic E-state index is 12.8. The van der Waals surface area contributed by atoms with Gasteiger partial charge in [0.25, 0.3) is 0 Å². The summed E-state index contributed by atoms with van der Waals surface area (Å²) in [5.74, 6) is -0.844. The molecule has 0 aromatic heterocycles. The third-order valence-corrected chi connectivity index (χ3v) is 12.4. The summed E-state index contributed by atoms with van der Waals surface area (Å²) in [5, 5.41) is 0. The molecule has 60 heavy (non-hydrogen) atoms. The van der Waals surface area contributed by atoms with Crippen LogP contribution in [0, 0.1) is 0 Å². The highest BCUT2D eigenvalue weighted by Gasteiger charge is 2.19. The van der Waals surface area contributed by atoms with E-state index in [1.807, 2.05) is 0 Å². The Labute approximate surface area is 374 Å². The van der Waals surface area contributed by atoms with Gasteiger partial charge in [-0.2, -0.15) is 0 Å². The van der Waals surface area contributed by atoms with Gasteiger partial charge in [-0.15, -0.1) is 0 Å². The fraction of sp³-hybridized carbons (Fsp3) is 0.944. The van der Waals surface area contributed by atoms with E-state index in [2.05, 4.69) is 20.8 Å². The van der Waals surface area contributed by atoms with Crippen LogP contribution in [0.1, 0.15) is 310 Å². The van der Waals surface area contributed by atoms with Crippen molar-refractivity contribution < 1.29 is 28.6 Å². The van der Waals surface area contributed by atoms with Crippen molar-refractivity contribution in [2.75, 3.05) is 13.2 Å². The number of ether oxygens (including phenoxy) is 3. The Morgan fingerprint density at radius 2 is 0.450 bits per heavy atom. The van der Waals surface area contributed by atoms with E-state index in [0.717, 1.165) is 57.8 Å². The molecule has 6 nitrogen and oxygen atoms in total. The van der Waals surface area contributed by atoms with Crippen LogP contribution in [0.4, 0.5) is 0 Å². The Morgan fingerprint density at radius 3 is 0.667 bits per heavy atom. The SMILES string of the molecule is CCCCCCCCCCCCCCCCCCCCCCC(=O)OCC(COC(=O)CCCCCCCCCC)OC(=O)CCCCCCCCCCCCCCCC. The van der Waals surface area contributed by atoms with E-state index < -0.39 is 6.10 Å². The number of rotatable bonds is 50. The first-order valence-electron chi connectivity index (χ1n) is 27.0. The molecule has 0 rings (SSSR count). The lowest BCUT2D eigenvalue weighted by Crippen LogP contribution is -2.30. The van der Waals surface area contributed by atoms with E-state index in [4.69, 9.17) is 14.2 Å². The number of hydrogen-bond donors (Lipinski definition) is 0. The third kappa shape index (κ3) is 47.5. The van der Waals surface area contributed by atoms with Gasteiger partial charge in [0.1, 0.15) is 13.2 Å². The standard InChI is InChI=1S/C54H104O6/c1-4-7-10-13-16-19-21-23-25-26-27-28-29-30-32-33-35-38-41-44-47-53(56)59-50-51(49-58-52(55)46-43-40-37-18-15-12-9-6-3)60-54(57)48-45-42-39-36-34-31-24-22-20-17-14-11-8-5-2/h51H,4-50H2,1-3H3. The molecule has 0 spiro atoms. The zero-order valence-electron chi connectivity index (χ0n) is 40.8. The fourth-order valence-electron chi connectivity index (χ4n) is 8.27. The first-order chi connectivity index (χ1) is 29.5. The first kappa shape index (κ1) is 58.4. The Kier molecular flexibility index (Phi) is 48.7. The van der Waals surface area contributed by atoms with E-state index in [-0.39, 0.29) is 31.1 Å². The van der Waals surface area contributed by atoms with E-state index in [9.17, 15) is 14.4 Å². The first-order valence-corrected chi connectivity index (χ1v) is 27.0. The van der Waals surface area contributed by atoms with Crippen LogP contribution >= 0.6 is 0 Å². The molecule has 0 fully saturated rings. The van der Waals surface area contributed by atoms with Gasteiger partial charge in [0.15, 0.2) is 6.10 Å². The van der Waals surface area contributed by atoms with Crippen molar-refractivity contribution >= 4 is 17.9 Å². The molecule has 0 heterocycles. The molecule has 0 bridgehead atoms. The van der Waals surface area contributed by atoms with E-state index >= 15 is 0 Å². The molecule has 1 atom stereocenters. The second kappa shape index (κ2) is 50.1. The summed E-state index contributed by atoms with van der Waals surface area (Å²) >= 11 is 0. The zero-order valence-corrected chi connectivity index (χ0v) is 40.8. The average molecular weight is 849 g/mol. The van der Waals surface area contributed by atoms with Gasteiger partial charge < -0.3 is 14.2 Å². The van der Waals surface area contributed by atoms with Gasteiger partial charge in [-0.05, 0) is 19.3 Å². The third-order valence-electron chi connectivity index (χ3n) is 12.4. The van der Waals surface area contributed by atoms with Crippen molar-refractivity contribution in [3.63, 3.8) is 0 Å². The molecule has 0 aliphatic heterocycles. The summed E-state index contributed by atoms with van der Waals surface area (Å²) in [6.45, 7) is 6.66. The molecule has 0 aliphatic carbocycles. The van der Waals surface area contributed by atoms with E-state index in [1.54, 1.807) is 0 Å². The molecule has 0 amide bonds. The highest BCUT2D eigenvalue weighted by Crippen LogP contribution is 2.17. The van der Waals surface area contributed by atoms with Gasteiger partial charge in [0.2, 0.25) is 0 Å². The van der Waals surface area contributed by atoms with Crippen LogP contribution in [-0.2, 0) is 28.6 Å². The lowest BCUT2D eigenvalue weighted by atomic mass is 10.0. The maximum Gasteiger partial charge on any atom is 0.306 e. The molecule has 0 saturated heterocycles. The summed E-state index contributed by atoms with van der Waals surface area (Å²) in [7, 11) is 0. The lowest BCUT2D eigenvalue weighted by Gasteiger charge is -2.18. The van der Waals surface area contributed by atoms with Gasteiger partial charge in [-0.3, -0.25) is 14.4 Å². The quantitative estimate of drug-likeness (QED) is 0.0345. The average Bonchev–Trinajstić information content (AvgIpc) is 3.24. The van der Waals surface area contributed by atoms with Crippen LogP contribution in [0.25, 0.3) is 0 Å². The number of hydrogen-bond acceptors (Lipinski definition) is 6. The summed E-state index contributed by atoms with van der Waals surface area (Å²) in [6.07, 6.45) is 53.9. The molecule has 0 saturated carbocycles. The maximum atomic E-state index is 12.8. The van der Waals surface area contributed by atoms with Crippen molar-refractivity contribution in [3.05, 3.63) is 0 Å². The highest BCUT2D eigenvalue weighted by atomic mass is 16.6. The van der Waals surface area contributed by atoms with Crippen molar-refractivity contribution in [1.29, 1.82) is 0 Å². The van der Waals surface area contributed by atoms with Gasteiger partial charge in [0.05, 0.1) is 0 Å². The smallest absolute Gasteiger partial charge is 0.306 e. The Bertz CT molecular complexity index is 889. The van der Waals surface area contributed by atoms with Crippen LogP contribution in [0.5, 0.6) is 0 Å². The van der Waals surface area contributed by atoms with Crippen molar-refractivity contribution in [1.82, 2.24) is 0 Å². The molecular formula is C54H104O6. The van der Waals surface area contributed by atoms with Crippen LogP contribution < -0.4 is 0 Å². The fourth-order valence-corrected chi connectivity index (χ4v) is 8.27. The molecule has 0 radical (unpaired) electrons. The minimum Gasteiger partial charge on any atom is -0.462 e. The number of carbonyl (C=O) groups is 3. The minimum absolute atomic E-state index is 0.0620. The van der Waals surface area contributed by atoms with Crippen molar-refractivity contribution in [3.8, 4) is 0 Å². The van der Waals surface area contributed by atoms with E-state index in [0.29, 0.717) is 19.3 Å². The summed E-state index contributed by atoms with van der Waals surface area (Å²) in [5.41, 5.74) is 0. The van der Waals surface area contributed by atoms with Crippen LogP contribution in [0.2, 0.25) is 0 Å². The monoisotopic (exact) mass is 849 g/mol. The largest absolute Gasteiger partial charge is 0.462 e.